The van der Waals surface area contributed by atoms with Crippen molar-refractivity contribution in [2.45, 2.75) is 25.3 Å². The van der Waals surface area contributed by atoms with Gasteiger partial charge in [0.1, 0.15) is 0 Å². The molecule has 0 aliphatic heterocycles. The first-order valence-corrected chi connectivity index (χ1v) is 5.39. The molecule has 1 saturated carbocycles. The molecule has 0 radical (unpaired) electrons. The van der Waals surface area contributed by atoms with Gasteiger partial charge < -0.3 is 5.21 Å². The lowest BCUT2D eigenvalue weighted by molar-refractivity contribution is 0.148. The van der Waals surface area contributed by atoms with Crippen LogP contribution in [0, 0.1) is 5.92 Å². The summed E-state index contributed by atoms with van der Waals surface area (Å²) in [6.07, 6.45) is 4.27. The zero-order valence-corrected chi connectivity index (χ0v) is 8.85. The van der Waals surface area contributed by atoms with E-state index in [1.54, 1.807) is 10.8 Å². The largest absolute Gasteiger partial charge is 0.328 e. The van der Waals surface area contributed by atoms with E-state index in [1.807, 2.05) is 0 Å². The van der Waals surface area contributed by atoms with Gasteiger partial charge in [-0.3, -0.25) is 14.3 Å². The van der Waals surface area contributed by atoms with E-state index in [0.29, 0.717) is 12.5 Å². The highest BCUT2D eigenvalue weighted by Gasteiger charge is 2.26. The number of hydroxylamine groups is 1. The third-order valence-corrected chi connectivity index (χ3v) is 3.14. The van der Waals surface area contributed by atoms with Crippen molar-refractivity contribution < 1.29 is 5.21 Å². The van der Waals surface area contributed by atoms with Gasteiger partial charge in [0.15, 0.2) is 0 Å². The monoisotopic (exact) mass is 225 g/mol. The van der Waals surface area contributed by atoms with Gasteiger partial charge in [0.2, 0.25) is 0 Å². The minimum absolute atomic E-state index is 0.127. The Morgan fingerprint density at radius 3 is 3.00 bits per heavy atom. The summed E-state index contributed by atoms with van der Waals surface area (Å²) in [5.74, 6) is 0.383. The molecule has 88 valence electrons. The predicted molar refractivity (Wildman–Crippen MR) is 57.5 cm³/mol. The third kappa shape index (κ3) is 2.23. The number of hydrogen-bond donors (Lipinski definition) is 3. The molecule has 0 unspecified atom stereocenters. The Bertz CT molecular complexity index is 465. The highest BCUT2D eigenvalue weighted by molar-refractivity contribution is 4.89. The summed E-state index contributed by atoms with van der Waals surface area (Å²) >= 11 is 0. The van der Waals surface area contributed by atoms with Gasteiger partial charge in [-0.05, 0) is 25.2 Å². The van der Waals surface area contributed by atoms with Crippen LogP contribution in [-0.2, 0) is 0 Å². The van der Waals surface area contributed by atoms with Crippen molar-refractivity contribution in [2.75, 3.05) is 6.54 Å². The van der Waals surface area contributed by atoms with Crippen LogP contribution in [0.2, 0.25) is 0 Å². The summed E-state index contributed by atoms with van der Waals surface area (Å²) in [6, 6.07) is 1.49. The number of nitrogens with zero attached hydrogens (tertiary/aromatic N) is 1. The lowest BCUT2D eigenvalue weighted by Crippen LogP contribution is -2.30. The Balaban J connectivity index is 2.14. The smallest absolute Gasteiger partial charge is 0.317 e. The van der Waals surface area contributed by atoms with Crippen LogP contribution in [0.4, 0.5) is 0 Å². The molecule has 2 atom stereocenters. The summed E-state index contributed by atoms with van der Waals surface area (Å²) in [6.45, 7) is 0.550. The second-order valence-electron chi connectivity index (χ2n) is 4.21. The van der Waals surface area contributed by atoms with E-state index in [2.05, 4.69) is 10.5 Å². The zero-order chi connectivity index (χ0) is 11.5. The normalized spacial score (nSPS) is 24.8. The minimum Gasteiger partial charge on any atom is -0.317 e. The summed E-state index contributed by atoms with van der Waals surface area (Å²) in [4.78, 5) is 24.7. The van der Waals surface area contributed by atoms with Crippen LogP contribution in [0.1, 0.15) is 25.3 Å². The lowest BCUT2D eigenvalue weighted by atomic mass is 10.1. The second-order valence-corrected chi connectivity index (χ2v) is 4.21. The molecular weight excluding hydrogens is 210 g/mol. The van der Waals surface area contributed by atoms with Crippen LogP contribution < -0.4 is 16.7 Å². The molecule has 0 spiro atoms. The van der Waals surface area contributed by atoms with Crippen molar-refractivity contribution in [3.63, 3.8) is 0 Å². The van der Waals surface area contributed by atoms with Crippen LogP contribution in [0.25, 0.3) is 0 Å². The molecule has 0 bridgehead atoms. The van der Waals surface area contributed by atoms with Gasteiger partial charge >= 0.3 is 5.69 Å². The van der Waals surface area contributed by atoms with Gasteiger partial charge in [-0.25, -0.2) is 10.3 Å². The van der Waals surface area contributed by atoms with Crippen molar-refractivity contribution in [1.29, 1.82) is 0 Å². The van der Waals surface area contributed by atoms with E-state index in [0.717, 1.165) is 19.3 Å². The SMILES string of the molecule is O=c1ccn([C@H]2CC[C@@H](CNO)C2)c(=O)[nH]1. The van der Waals surface area contributed by atoms with E-state index in [4.69, 9.17) is 5.21 Å². The molecule has 6 nitrogen and oxygen atoms in total. The highest BCUT2D eigenvalue weighted by atomic mass is 16.5. The highest BCUT2D eigenvalue weighted by Crippen LogP contribution is 2.32. The van der Waals surface area contributed by atoms with Gasteiger partial charge in [0.05, 0.1) is 0 Å². The van der Waals surface area contributed by atoms with Crippen LogP contribution in [0.5, 0.6) is 0 Å². The molecule has 1 aliphatic carbocycles. The maximum Gasteiger partial charge on any atom is 0.328 e. The molecule has 0 saturated heterocycles. The fourth-order valence-electron chi connectivity index (χ4n) is 2.33. The van der Waals surface area contributed by atoms with E-state index >= 15 is 0 Å². The van der Waals surface area contributed by atoms with Gasteiger partial charge in [0, 0.05) is 24.8 Å². The Morgan fingerprint density at radius 1 is 1.50 bits per heavy atom. The second kappa shape index (κ2) is 4.63. The van der Waals surface area contributed by atoms with Crippen LogP contribution >= 0.6 is 0 Å². The number of aromatic nitrogens is 2. The Labute approximate surface area is 91.9 Å². The molecule has 3 N–H and O–H groups in total. The Kier molecular flexibility index (Phi) is 3.21. The maximum absolute atomic E-state index is 11.5. The minimum atomic E-state index is -0.368. The fraction of sp³-hybridized carbons (Fsp3) is 0.600. The molecule has 1 aromatic heterocycles. The van der Waals surface area contributed by atoms with Crippen molar-refractivity contribution in [2.24, 2.45) is 5.92 Å². The van der Waals surface area contributed by atoms with E-state index < -0.39 is 0 Å². The number of H-pyrrole nitrogens is 1. The molecule has 16 heavy (non-hydrogen) atoms. The quantitative estimate of drug-likeness (QED) is 0.625. The number of rotatable bonds is 3. The fourth-order valence-corrected chi connectivity index (χ4v) is 2.33. The van der Waals surface area contributed by atoms with E-state index in [9.17, 15) is 9.59 Å². The molecule has 0 amide bonds. The van der Waals surface area contributed by atoms with Crippen LogP contribution in [0.15, 0.2) is 21.9 Å². The number of hydrogen-bond acceptors (Lipinski definition) is 4. The molecule has 6 heteroatoms. The van der Waals surface area contributed by atoms with Crippen molar-refractivity contribution in [3.05, 3.63) is 33.1 Å². The number of aromatic amines is 1. The molecule has 2 rings (SSSR count). The molecular formula is C10H15N3O3. The van der Waals surface area contributed by atoms with Gasteiger partial charge in [0.25, 0.3) is 5.56 Å². The molecule has 1 aliphatic rings. The van der Waals surface area contributed by atoms with Gasteiger partial charge in [-0.1, -0.05) is 0 Å². The first-order valence-electron chi connectivity index (χ1n) is 5.39. The summed E-state index contributed by atoms with van der Waals surface area (Å²) in [7, 11) is 0. The summed E-state index contributed by atoms with van der Waals surface area (Å²) < 4.78 is 1.57. The Morgan fingerprint density at radius 2 is 2.31 bits per heavy atom. The van der Waals surface area contributed by atoms with Crippen LogP contribution in [0.3, 0.4) is 0 Å². The molecule has 0 aromatic carbocycles. The van der Waals surface area contributed by atoms with Crippen LogP contribution in [-0.4, -0.2) is 21.3 Å². The summed E-state index contributed by atoms with van der Waals surface area (Å²) in [5.41, 5.74) is 1.44. The lowest BCUT2D eigenvalue weighted by Gasteiger charge is -2.13. The summed E-state index contributed by atoms with van der Waals surface area (Å²) in [5, 5.41) is 8.61. The van der Waals surface area contributed by atoms with Crippen molar-refractivity contribution >= 4 is 0 Å². The van der Waals surface area contributed by atoms with E-state index in [1.165, 1.54) is 6.07 Å². The average molecular weight is 225 g/mol. The molecule has 1 aromatic rings. The maximum atomic E-state index is 11.5. The third-order valence-electron chi connectivity index (χ3n) is 3.14. The molecule has 1 heterocycles. The first kappa shape index (κ1) is 11.1. The average Bonchev–Trinajstić information content (AvgIpc) is 2.67. The molecule has 1 fully saturated rings. The number of nitrogens with one attached hydrogen (secondary N) is 2. The van der Waals surface area contributed by atoms with Crippen molar-refractivity contribution in [1.82, 2.24) is 15.0 Å². The zero-order valence-electron chi connectivity index (χ0n) is 8.85. The predicted octanol–water partition coefficient (Wildman–Crippen LogP) is -0.143. The standard InChI is InChI=1S/C10H15N3O3/c14-9-3-4-13(10(15)12-9)8-2-1-7(5-8)6-11-16/h3-4,7-8,11,16H,1-2,5-6H2,(H,12,14,15)/t7-,8+/m1/s1. The van der Waals surface area contributed by atoms with Gasteiger partial charge in [-0.2, -0.15) is 0 Å². The Hall–Kier alpha value is -1.40. The van der Waals surface area contributed by atoms with Gasteiger partial charge in [-0.15, -0.1) is 0 Å². The topological polar surface area (TPSA) is 87.1 Å². The van der Waals surface area contributed by atoms with E-state index in [-0.39, 0.29) is 17.3 Å². The van der Waals surface area contributed by atoms with Crippen molar-refractivity contribution in [3.8, 4) is 0 Å². The first-order chi connectivity index (χ1) is 7.70.